The number of nitrogens with zero attached hydrogens (tertiary/aromatic N) is 2. The van der Waals surface area contributed by atoms with Crippen molar-refractivity contribution in [2.24, 2.45) is 0 Å². The van der Waals surface area contributed by atoms with E-state index in [0.29, 0.717) is 0 Å². The van der Waals surface area contributed by atoms with Gasteiger partial charge in [0.1, 0.15) is 11.2 Å². The summed E-state index contributed by atoms with van der Waals surface area (Å²) in [4.78, 5) is 4.90. The Morgan fingerprint density at radius 1 is 0.289 bits per heavy atom. The summed E-state index contributed by atoms with van der Waals surface area (Å²) in [5.74, 6) is 0.444. The molecule has 0 fully saturated rings. The Hall–Kier alpha value is -9.12. The van der Waals surface area contributed by atoms with E-state index in [-0.39, 0.29) is 11.8 Å². The maximum absolute atomic E-state index is 7.25. The molecule has 0 aliphatic heterocycles. The van der Waals surface area contributed by atoms with Crippen molar-refractivity contribution in [2.45, 2.75) is 53.4 Å². The van der Waals surface area contributed by atoms with Crippen molar-refractivity contribution in [1.29, 1.82) is 0 Å². The van der Waals surface area contributed by atoms with Crippen LogP contribution >= 0.6 is 0 Å². The molecule has 0 spiro atoms. The van der Waals surface area contributed by atoms with Gasteiger partial charge in [-0.1, -0.05) is 198 Å². The Bertz CT molecular complexity index is 4270. The first-order valence-corrected chi connectivity index (χ1v) is 26.7. The van der Waals surface area contributed by atoms with Crippen molar-refractivity contribution in [2.75, 3.05) is 9.80 Å². The molecule has 2 heterocycles. The molecule has 0 bridgehead atoms. The molecule has 14 aromatic rings. The van der Waals surface area contributed by atoms with Gasteiger partial charge in [0.2, 0.25) is 0 Å². The Kier molecular flexibility index (Phi) is 10.6. The van der Waals surface area contributed by atoms with Gasteiger partial charge in [0.15, 0.2) is 11.2 Å². The number of hydrogen-bond donors (Lipinski definition) is 0. The quantitative estimate of drug-likeness (QED) is 0.128. The second kappa shape index (κ2) is 17.8. The first kappa shape index (κ1) is 45.5. The minimum Gasteiger partial charge on any atom is -0.453 e. The van der Waals surface area contributed by atoms with Crippen LogP contribution < -0.4 is 9.80 Å². The number of fused-ring (bicyclic) bond motifs is 6. The summed E-state index contributed by atoms with van der Waals surface area (Å²) in [5.41, 5.74) is 19.4. The van der Waals surface area contributed by atoms with Crippen LogP contribution in [0.3, 0.4) is 0 Å². The lowest BCUT2D eigenvalue weighted by molar-refractivity contribution is 0.670. The second-order valence-corrected chi connectivity index (χ2v) is 21.2. The van der Waals surface area contributed by atoms with Crippen LogP contribution in [0.1, 0.15) is 61.8 Å². The van der Waals surface area contributed by atoms with E-state index in [1.54, 1.807) is 0 Å². The Morgan fingerprint density at radius 3 is 1.03 bits per heavy atom. The monoisotopic (exact) mass is 980 g/mol. The molecule has 0 saturated carbocycles. The molecule has 2 aromatic heterocycles. The number of rotatable bonds is 10. The molecule has 0 unspecified atom stereocenters. The number of anilines is 6. The van der Waals surface area contributed by atoms with Gasteiger partial charge in [0.25, 0.3) is 0 Å². The van der Waals surface area contributed by atoms with Crippen molar-refractivity contribution >= 4 is 110 Å². The van der Waals surface area contributed by atoms with Crippen molar-refractivity contribution in [1.82, 2.24) is 0 Å². The van der Waals surface area contributed by atoms with Gasteiger partial charge in [-0.05, 0) is 129 Å². The van der Waals surface area contributed by atoms with Gasteiger partial charge in [-0.25, -0.2) is 0 Å². The van der Waals surface area contributed by atoms with Crippen molar-refractivity contribution in [3.05, 3.63) is 241 Å². The largest absolute Gasteiger partial charge is 0.453 e. The molecule has 14 rings (SSSR count). The molecule has 366 valence electrons. The number of aryl methyl sites for hydroxylation is 2. The molecule has 0 saturated heterocycles. The normalized spacial score (nSPS) is 12.1. The fourth-order valence-electron chi connectivity index (χ4n) is 12.4. The lowest BCUT2D eigenvalue weighted by Gasteiger charge is -2.31. The summed E-state index contributed by atoms with van der Waals surface area (Å²) in [6, 6.07) is 79.7. The van der Waals surface area contributed by atoms with E-state index in [1.807, 2.05) is 0 Å². The predicted molar refractivity (Wildman–Crippen MR) is 323 cm³/mol. The molecular formula is C72H56N2O2. The van der Waals surface area contributed by atoms with Gasteiger partial charge < -0.3 is 18.6 Å². The van der Waals surface area contributed by atoms with Crippen LogP contribution in [0.15, 0.2) is 227 Å². The Balaban J connectivity index is 1.06. The van der Waals surface area contributed by atoms with Crippen LogP contribution in [-0.4, -0.2) is 0 Å². The summed E-state index contributed by atoms with van der Waals surface area (Å²) < 4.78 is 14.5. The minimum atomic E-state index is 0.222. The van der Waals surface area contributed by atoms with E-state index in [4.69, 9.17) is 8.83 Å². The summed E-state index contributed by atoms with van der Waals surface area (Å²) in [6.45, 7) is 13.7. The molecule has 0 aliphatic rings. The van der Waals surface area contributed by atoms with Crippen LogP contribution in [0.5, 0.6) is 0 Å². The van der Waals surface area contributed by atoms with Gasteiger partial charge in [-0.2, -0.15) is 0 Å². The van der Waals surface area contributed by atoms with E-state index >= 15 is 0 Å². The number of hydrogen-bond acceptors (Lipinski definition) is 4. The van der Waals surface area contributed by atoms with Crippen LogP contribution in [0.25, 0.3) is 98.4 Å². The van der Waals surface area contributed by atoms with Gasteiger partial charge in [0, 0.05) is 54.8 Å². The predicted octanol–water partition coefficient (Wildman–Crippen LogP) is 21.5. The molecule has 12 aromatic carbocycles. The van der Waals surface area contributed by atoms with Gasteiger partial charge >= 0.3 is 0 Å². The van der Waals surface area contributed by atoms with E-state index in [2.05, 4.69) is 270 Å². The molecule has 76 heavy (non-hydrogen) atoms. The van der Waals surface area contributed by atoms with Crippen LogP contribution in [0.2, 0.25) is 0 Å². The zero-order valence-electron chi connectivity index (χ0n) is 43.7. The van der Waals surface area contributed by atoms with E-state index < -0.39 is 0 Å². The van der Waals surface area contributed by atoms with Gasteiger partial charge in [0.05, 0.1) is 22.7 Å². The zero-order valence-corrected chi connectivity index (χ0v) is 43.7. The fourth-order valence-corrected chi connectivity index (χ4v) is 12.4. The van der Waals surface area contributed by atoms with Crippen LogP contribution in [0.4, 0.5) is 34.1 Å². The van der Waals surface area contributed by atoms with Crippen LogP contribution in [-0.2, 0) is 0 Å². The highest BCUT2D eigenvalue weighted by atomic mass is 16.3. The van der Waals surface area contributed by atoms with Crippen molar-refractivity contribution in [3.63, 3.8) is 0 Å². The molecule has 0 atom stereocenters. The molecular weight excluding hydrogens is 925 g/mol. The molecule has 4 heteroatoms. The standard InChI is InChI=1S/C72H56N2O2/c1-43(2)61-41-65(73(47-23-9-7-10-24-47)63-35-19-33-57-55-31-17-29-53(69(55)75-71(57)63)49-27-15-13-21-45(49)5)59-40-38-52-62(44(3)4)42-66(60-39-37-51(61)67(59)68(52)60)74(48-25-11-8-12-26-48)64-36-20-34-58-56-32-18-30-54(70(56)76-72(58)64)50-28-16-14-22-46(50)6/h7-44H,1-6H3. The van der Waals surface area contributed by atoms with E-state index in [9.17, 15) is 0 Å². The Morgan fingerprint density at radius 2 is 0.632 bits per heavy atom. The van der Waals surface area contributed by atoms with E-state index in [1.165, 1.54) is 65.7 Å². The zero-order chi connectivity index (χ0) is 51.3. The Labute approximate surface area is 443 Å². The third-order valence-electron chi connectivity index (χ3n) is 16.0. The number of furan rings is 2. The van der Waals surface area contributed by atoms with Gasteiger partial charge in [-0.3, -0.25) is 0 Å². The first-order valence-electron chi connectivity index (χ1n) is 26.7. The van der Waals surface area contributed by atoms with Crippen molar-refractivity contribution < 1.29 is 8.83 Å². The second-order valence-electron chi connectivity index (χ2n) is 21.2. The summed E-state index contributed by atoms with van der Waals surface area (Å²) in [5, 5.41) is 11.8. The third-order valence-corrected chi connectivity index (χ3v) is 16.0. The molecule has 4 nitrogen and oxygen atoms in total. The fraction of sp³-hybridized carbons (Fsp3) is 0.111. The minimum absolute atomic E-state index is 0.222. The SMILES string of the molecule is Cc1ccccc1-c1cccc2c1oc1c(N(c3ccccc3)c3cc(C(C)C)c4ccc5c(N(c6ccccc6)c6cccc7c6oc6c(-c8ccccc8C)cccc67)cc(C(C)C)c6ccc3c4c65)cccc12. The van der Waals surface area contributed by atoms with Crippen LogP contribution in [0, 0.1) is 13.8 Å². The summed E-state index contributed by atoms with van der Waals surface area (Å²) in [7, 11) is 0. The van der Waals surface area contributed by atoms with Crippen molar-refractivity contribution in [3.8, 4) is 22.3 Å². The number of para-hydroxylation sites is 6. The summed E-state index contributed by atoms with van der Waals surface area (Å²) >= 11 is 0. The lowest BCUT2D eigenvalue weighted by atomic mass is 9.84. The highest BCUT2D eigenvalue weighted by molar-refractivity contribution is 6.30. The van der Waals surface area contributed by atoms with Gasteiger partial charge in [-0.15, -0.1) is 0 Å². The molecule has 0 radical (unpaired) electrons. The maximum atomic E-state index is 7.25. The maximum Gasteiger partial charge on any atom is 0.159 e. The highest BCUT2D eigenvalue weighted by Crippen LogP contribution is 2.53. The van der Waals surface area contributed by atoms with E-state index in [0.717, 1.165) is 89.1 Å². The molecule has 0 aliphatic carbocycles. The first-order chi connectivity index (χ1) is 37.2. The number of benzene rings is 12. The average molecular weight is 981 g/mol. The average Bonchev–Trinajstić information content (AvgIpc) is 4.12. The summed E-state index contributed by atoms with van der Waals surface area (Å²) in [6.07, 6.45) is 0. The smallest absolute Gasteiger partial charge is 0.159 e. The topological polar surface area (TPSA) is 32.8 Å². The molecule has 0 N–H and O–H groups in total. The lowest BCUT2D eigenvalue weighted by Crippen LogP contribution is -2.13. The highest BCUT2D eigenvalue weighted by Gasteiger charge is 2.29. The molecule has 0 amide bonds. The third kappa shape index (κ3) is 6.97.